The number of anilines is 3. The molecule has 2 N–H and O–H groups in total. The highest BCUT2D eigenvalue weighted by Crippen LogP contribution is 2.18. The fourth-order valence-electron chi connectivity index (χ4n) is 1.85. The molecule has 1 aliphatic rings. The van der Waals surface area contributed by atoms with E-state index in [4.69, 9.17) is 0 Å². The molecule has 0 bridgehead atoms. The van der Waals surface area contributed by atoms with Crippen LogP contribution in [-0.2, 0) is 0 Å². The van der Waals surface area contributed by atoms with Gasteiger partial charge in [0.25, 0.3) is 0 Å². The average Bonchev–Trinajstić information content (AvgIpc) is 2.89. The lowest BCUT2D eigenvalue weighted by atomic mass is 10.4. The molecule has 2 heterocycles. The van der Waals surface area contributed by atoms with Crippen LogP contribution in [0.3, 0.4) is 0 Å². The summed E-state index contributed by atoms with van der Waals surface area (Å²) < 4.78 is 0. The predicted octanol–water partition coefficient (Wildman–Crippen LogP) is 1.34. The van der Waals surface area contributed by atoms with Crippen LogP contribution in [-0.4, -0.2) is 41.6 Å². The number of nitrogens with zero attached hydrogens (tertiary/aromatic N) is 4. The van der Waals surface area contributed by atoms with E-state index >= 15 is 0 Å². The molecule has 0 atom stereocenters. The molecule has 2 rings (SSSR count). The maximum Gasteiger partial charge on any atom is 0.231 e. The summed E-state index contributed by atoms with van der Waals surface area (Å²) in [4.78, 5) is 15.3. The summed E-state index contributed by atoms with van der Waals surface area (Å²) in [6, 6.07) is 0. The third-order valence-corrected chi connectivity index (χ3v) is 2.77. The van der Waals surface area contributed by atoms with Crippen LogP contribution < -0.4 is 15.5 Å². The summed E-state index contributed by atoms with van der Waals surface area (Å²) in [5.74, 6) is 2.06. The van der Waals surface area contributed by atoms with Crippen LogP contribution in [0.1, 0.15) is 26.2 Å². The van der Waals surface area contributed by atoms with E-state index in [0.29, 0.717) is 11.9 Å². The largest absolute Gasteiger partial charge is 0.357 e. The summed E-state index contributed by atoms with van der Waals surface area (Å²) in [7, 11) is 1.83. The first kappa shape index (κ1) is 11.9. The smallest absolute Gasteiger partial charge is 0.231 e. The Hall–Kier alpha value is -1.59. The second kappa shape index (κ2) is 5.65. The second-order valence-corrected chi connectivity index (χ2v) is 4.15. The highest BCUT2D eigenvalue weighted by atomic mass is 15.3. The van der Waals surface area contributed by atoms with Crippen LogP contribution in [0.2, 0.25) is 0 Å². The second-order valence-electron chi connectivity index (χ2n) is 4.15. The van der Waals surface area contributed by atoms with E-state index < -0.39 is 0 Å². The van der Waals surface area contributed by atoms with Gasteiger partial charge in [-0.3, -0.25) is 0 Å². The quantitative estimate of drug-likeness (QED) is 0.804. The minimum Gasteiger partial charge on any atom is -0.357 e. The molecular formula is C11H20N6. The summed E-state index contributed by atoms with van der Waals surface area (Å²) in [5.41, 5.74) is 0. The molecule has 94 valence electrons. The predicted molar refractivity (Wildman–Crippen MR) is 69.6 cm³/mol. The van der Waals surface area contributed by atoms with Crippen molar-refractivity contribution in [2.75, 3.05) is 42.2 Å². The highest BCUT2D eigenvalue weighted by Gasteiger charge is 2.16. The van der Waals surface area contributed by atoms with Gasteiger partial charge < -0.3 is 15.5 Å². The van der Waals surface area contributed by atoms with Crippen molar-refractivity contribution in [2.24, 2.45) is 0 Å². The minimum absolute atomic E-state index is 0.625. The van der Waals surface area contributed by atoms with E-state index in [1.165, 1.54) is 12.8 Å². The van der Waals surface area contributed by atoms with Crippen LogP contribution in [0.25, 0.3) is 0 Å². The van der Waals surface area contributed by atoms with Gasteiger partial charge in [-0.1, -0.05) is 6.92 Å². The first-order valence-corrected chi connectivity index (χ1v) is 6.26. The van der Waals surface area contributed by atoms with Gasteiger partial charge in [-0.05, 0) is 19.3 Å². The van der Waals surface area contributed by atoms with Crippen molar-refractivity contribution in [3.63, 3.8) is 0 Å². The zero-order chi connectivity index (χ0) is 12.1. The molecule has 1 saturated heterocycles. The van der Waals surface area contributed by atoms with E-state index in [-0.39, 0.29) is 0 Å². The summed E-state index contributed by atoms with van der Waals surface area (Å²) in [6.45, 7) is 5.09. The van der Waals surface area contributed by atoms with E-state index in [1.54, 1.807) is 0 Å². The number of hydrogen-bond acceptors (Lipinski definition) is 6. The van der Waals surface area contributed by atoms with Gasteiger partial charge in [-0.15, -0.1) is 0 Å². The Morgan fingerprint density at radius 2 is 1.82 bits per heavy atom. The van der Waals surface area contributed by atoms with Crippen molar-refractivity contribution < 1.29 is 0 Å². The Balaban J connectivity index is 2.18. The molecule has 0 unspecified atom stereocenters. The fourth-order valence-corrected chi connectivity index (χ4v) is 1.85. The number of hydrogen-bond donors (Lipinski definition) is 2. The summed E-state index contributed by atoms with van der Waals surface area (Å²) >= 11 is 0. The SMILES string of the molecule is CCCNc1nc(NC)nc(N2CCCC2)n1. The normalized spacial score (nSPS) is 15.1. The molecule has 0 spiro atoms. The zero-order valence-corrected chi connectivity index (χ0v) is 10.5. The molecule has 0 amide bonds. The highest BCUT2D eigenvalue weighted by molar-refractivity contribution is 5.43. The van der Waals surface area contributed by atoms with Gasteiger partial charge >= 0.3 is 0 Å². The fraction of sp³-hybridized carbons (Fsp3) is 0.727. The lowest BCUT2D eigenvalue weighted by Gasteiger charge is -2.16. The van der Waals surface area contributed by atoms with Gasteiger partial charge in [0.2, 0.25) is 17.8 Å². The van der Waals surface area contributed by atoms with E-state index in [1.807, 2.05) is 7.05 Å². The molecule has 0 aliphatic carbocycles. The Morgan fingerprint density at radius 1 is 1.12 bits per heavy atom. The third-order valence-electron chi connectivity index (χ3n) is 2.77. The van der Waals surface area contributed by atoms with Gasteiger partial charge in [0, 0.05) is 26.7 Å². The van der Waals surface area contributed by atoms with Crippen molar-refractivity contribution in [2.45, 2.75) is 26.2 Å². The number of rotatable bonds is 5. The molecule has 0 aromatic carbocycles. The molecular weight excluding hydrogens is 216 g/mol. The van der Waals surface area contributed by atoms with Gasteiger partial charge in [0.05, 0.1) is 0 Å². The lowest BCUT2D eigenvalue weighted by molar-refractivity contribution is 0.872. The van der Waals surface area contributed by atoms with Crippen molar-refractivity contribution in [1.29, 1.82) is 0 Å². The molecule has 1 aromatic rings. The Kier molecular flexibility index (Phi) is 3.95. The van der Waals surface area contributed by atoms with E-state index in [2.05, 4.69) is 37.4 Å². The van der Waals surface area contributed by atoms with E-state index in [0.717, 1.165) is 32.0 Å². The molecule has 1 aliphatic heterocycles. The van der Waals surface area contributed by atoms with Gasteiger partial charge in [-0.25, -0.2) is 0 Å². The Labute approximate surface area is 102 Å². The van der Waals surface area contributed by atoms with Crippen LogP contribution in [0.15, 0.2) is 0 Å². The molecule has 6 nitrogen and oxygen atoms in total. The average molecular weight is 236 g/mol. The first-order chi connectivity index (χ1) is 8.33. The molecule has 0 radical (unpaired) electrons. The van der Waals surface area contributed by atoms with Gasteiger partial charge in [0.1, 0.15) is 0 Å². The Morgan fingerprint density at radius 3 is 2.47 bits per heavy atom. The van der Waals surface area contributed by atoms with Crippen LogP contribution >= 0.6 is 0 Å². The third kappa shape index (κ3) is 2.95. The molecule has 1 fully saturated rings. The maximum atomic E-state index is 4.45. The monoisotopic (exact) mass is 236 g/mol. The molecule has 17 heavy (non-hydrogen) atoms. The number of nitrogens with one attached hydrogen (secondary N) is 2. The van der Waals surface area contributed by atoms with Crippen LogP contribution in [0, 0.1) is 0 Å². The van der Waals surface area contributed by atoms with Crippen molar-refractivity contribution in [1.82, 2.24) is 15.0 Å². The van der Waals surface area contributed by atoms with Crippen molar-refractivity contribution >= 4 is 17.8 Å². The maximum absolute atomic E-state index is 4.45. The topological polar surface area (TPSA) is 66.0 Å². The minimum atomic E-state index is 0.625. The summed E-state index contributed by atoms with van der Waals surface area (Å²) in [5, 5.41) is 6.18. The van der Waals surface area contributed by atoms with E-state index in [9.17, 15) is 0 Å². The molecule has 0 saturated carbocycles. The molecule has 1 aromatic heterocycles. The Bertz CT molecular complexity index is 361. The zero-order valence-electron chi connectivity index (χ0n) is 10.5. The summed E-state index contributed by atoms with van der Waals surface area (Å²) in [6.07, 6.45) is 3.50. The van der Waals surface area contributed by atoms with Crippen LogP contribution in [0.4, 0.5) is 17.8 Å². The standard InChI is InChI=1S/C11H20N6/c1-3-6-13-10-14-9(12-2)15-11(16-10)17-7-4-5-8-17/h3-8H2,1-2H3,(H2,12,13,14,15,16). The number of aromatic nitrogens is 3. The lowest BCUT2D eigenvalue weighted by Crippen LogP contribution is -2.22. The van der Waals surface area contributed by atoms with Gasteiger partial charge in [0.15, 0.2) is 0 Å². The van der Waals surface area contributed by atoms with Crippen LogP contribution in [0.5, 0.6) is 0 Å². The van der Waals surface area contributed by atoms with Gasteiger partial charge in [-0.2, -0.15) is 15.0 Å². The first-order valence-electron chi connectivity index (χ1n) is 6.26. The van der Waals surface area contributed by atoms with Crippen molar-refractivity contribution in [3.05, 3.63) is 0 Å². The molecule has 6 heteroatoms. The van der Waals surface area contributed by atoms with Crippen molar-refractivity contribution in [3.8, 4) is 0 Å².